The average Bonchev–Trinajstić information content (AvgIpc) is 2.86. The Bertz CT molecular complexity index is 1720. The van der Waals surface area contributed by atoms with Crippen molar-refractivity contribution >= 4 is 64.4 Å². The average molecular weight is 548 g/mol. The zero-order valence-electron chi connectivity index (χ0n) is 21.2. The largest absolute Gasteiger partial charge is 0.585 e. The van der Waals surface area contributed by atoms with Crippen LogP contribution in [0.1, 0.15) is 47.8 Å². The van der Waals surface area contributed by atoms with Crippen LogP contribution < -0.4 is 16.2 Å². The molecule has 1 aliphatic rings. The number of fused-ring (bicyclic) bond motifs is 2. The molecule has 0 fully saturated rings. The maximum atomic E-state index is 13.2. The van der Waals surface area contributed by atoms with E-state index in [2.05, 4.69) is 22.0 Å². The lowest BCUT2D eigenvalue weighted by Crippen LogP contribution is -2.38. The summed E-state index contributed by atoms with van der Waals surface area (Å²) in [6.07, 6.45) is 1.48. The van der Waals surface area contributed by atoms with E-state index < -0.39 is 7.12 Å². The molecule has 2 aromatic carbocycles. The van der Waals surface area contributed by atoms with E-state index in [1.165, 1.54) is 6.21 Å². The van der Waals surface area contributed by atoms with E-state index in [0.29, 0.717) is 66.5 Å². The quantitative estimate of drug-likeness (QED) is 0.233. The summed E-state index contributed by atoms with van der Waals surface area (Å²) in [5, 5.41) is 18.3. The number of nitrogens with zero attached hydrogens (tertiary/aromatic N) is 2. The Hall–Kier alpha value is -3.59. The van der Waals surface area contributed by atoms with Gasteiger partial charge in [0.2, 0.25) is 0 Å². The summed E-state index contributed by atoms with van der Waals surface area (Å²) in [5.74, 6) is 0.682. The van der Waals surface area contributed by atoms with Crippen molar-refractivity contribution in [3.05, 3.63) is 91.4 Å². The smallest absolute Gasteiger partial charge is 0.460 e. The molecule has 4 aromatic rings. The highest BCUT2D eigenvalue weighted by atomic mass is 35.5. The van der Waals surface area contributed by atoms with E-state index in [1.54, 1.807) is 31.2 Å². The van der Waals surface area contributed by atoms with Crippen LogP contribution in [0, 0.1) is 13.8 Å². The number of oxime groups is 1. The van der Waals surface area contributed by atoms with E-state index >= 15 is 0 Å². The molecule has 3 heterocycles. The molecular weight excluding hydrogens is 524 g/mol. The van der Waals surface area contributed by atoms with Crippen molar-refractivity contribution in [1.29, 1.82) is 0 Å². The van der Waals surface area contributed by atoms with E-state index in [1.807, 2.05) is 32.9 Å². The first-order valence-electron chi connectivity index (χ1n) is 12.0. The SMILES string of the molecule is C=C(Nc1ccc(Cl)nc1-c1cc(Cl)c2c(c1)C=NOB2O)c1cc(C)cc2c(=O)c(C)c(C(C)C)oc12. The van der Waals surface area contributed by atoms with Gasteiger partial charge in [0.15, 0.2) is 5.43 Å². The van der Waals surface area contributed by atoms with Crippen molar-refractivity contribution < 1.29 is 14.2 Å². The van der Waals surface area contributed by atoms with Crippen LogP contribution in [0.25, 0.3) is 27.9 Å². The molecule has 0 radical (unpaired) electrons. The van der Waals surface area contributed by atoms with Crippen molar-refractivity contribution in [2.75, 3.05) is 5.32 Å². The van der Waals surface area contributed by atoms with Crippen molar-refractivity contribution in [1.82, 2.24) is 4.98 Å². The van der Waals surface area contributed by atoms with Gasteiger partial charge in [-0.25, -0.2) is 4.98 Å². The molecule has 0 spiro atoms. The number of rotatable bonds is 5. The van der Waals surface area contributed by atoms with Gasteiger partial charge in [-0.15, -0.1) is 5.16 Å². The summed E-state index contributed by atoms with van der Waals surface area (Å²) >= 11 is 12.8. The predicted octanol–water partition coefficient (Wildman–Crippen LogP) is 6.04. The zero-order valence-corrected chi connectivity index (χ0v) is 22.7. The molecule has 5 rings (SSSR count). The lowest BCUT2D eigenvalue weighted by atomic mass is 9.75. The van der Waals surface area contributed by atoms with Crippen molar-refractivity contribution in [2.45, 2.75) is 33.6 Å². The van der Waals surface area contributed by atoms with Crippen LogP contribution in [0.2, 0.25) is 10.2 Å². The number of anilines is 1. The zero-order chi connectivity index (χ0) is 27.3. The number of pyridine rings is 1. The Kier molecular flexibility index (Phi) is 6.82. The van der Waals surface area contributed by atoms with Crippen LogP contribution in [0.5, 0.6) is 0 Å². The number of benzene rings is 2. The van der Waals surface area contributed by atoms with Gasteiger partial charge in [0, 0.05) is 38.8 Å². The van der Waals surface area contributed by atoms with E-state index in [4.69, 9.17) is 32.4 Å². The Labute approximate surface area is 229 Å². The number of hydrogen-bond donors (Lipinski definition) is 2. The molecule has 0 saturated heterocycles. The molecule has 7 nitrogen and oxygen atoms in total. The molecule has 192 valence electrons. The summed E-state index contributed by atoms with van der Waals surface area (Å²) in [6.45, 7) is 12.0. The van der Waals surface area contributed by atoms with Crippen LogP contribution in [0.15, 0.2) is 57.3 Å². The number of halogens is 2. The fourth-order valence-corrected chi connectivity index (χ4v) is 5.12. The monoisotopic (exact) mass is 547 g/mol. The topological polar surface area (TPSA) is 97.0 Å². The molecule has 10 heteroatoms. The minimum atomic E-state index is -1.26. The van der Waals surface area contributed by atoms with Crippen LogP contribution in [-0.2, 0) is 4.76 Å². The fourth-order valence-electron chi connectivity index (χ4n) is 4.65. The molecule has 1 aliphatic heterocycles. The molecule has 2 aromatic heterocycles. The Balaban J connectivity index is 1.62. The van der Waals surface area contributed by atoms with Gasteiger partial charge in [-0.2, -0.15) is 0 Å². The van der Waals surface area contributed by atoms with Gasteiger partial charge >= 0.3 is 7.12 Å². The predicted molar refractivity (Wildman–Crippen MR) is 155 cm³/mol. The molecule has 0 amide bonds. The highest BCUT2D eigenvalue weighted by molar-refractivity contribution is 6.65. The molecule has 38 heavy (non-hydrogen) atoms. The van der Waals surface area contributed by atoms with Crippen molar-refractivity contribution in [3.63, 3.8) is 0 Å². The first-order valence-corrected chi connectivity index (χ1v) is 12.7. The molecular formula is C28H24BCl2N3O4. The second-order valence-electron chi connectivity index (χ2n) is 9.55. The van der Waals surface area contributed by atoms with Crippen LogP contribution in [0.3, 0.4) is 0 Å². The third-order valence-electron chi connectivity index (χ3n) is 6.43. The molecule has 0 atom stereocenters. The third kappa shape index (κ3) is 4.60. The van der Waals surface area contributed by atoms with Crippen molar-refractivity contribution in [2.24, 2.45) is 5.16 Å². The van der Waals surface area contributed by atoms with E-state index in [9.17, 15) is 9.82 Å². The summed E-state index contributed by atoms with van der Waals surface area (Å²) in [4.78, 5) is 17.7. The maximum absolute atomic E-state index is 13.2. The molecule has 0 aliphatic carbocycles. The Morgan fingerprint density at radius 2 is 1.92 bits per heavy atom. The van der Waals surface area contributed by atoms with Gasteiger partial charge in [0.25, 0.3) is 0 Å². The first-order chi connectivity index (χ1) is 18.0. The number of aryl methyl sites for hydroxylation is 1. The van der Waals surface area contributed by atoms with Crippen LogP contribution in [0.4, 0.5) is 5.69 Å². The molecule has 0 unspecified atom stereocenters. The van der Waals surface area contributed by atoms with Gasteiger partial charge < -0.3 is 19.5 Å². The third-order valence-corrected chi connectivity index (χ3v) is 6.95. The van der Waals surface area contributed by atoms with Gasteiger partial charge in [-0.05, 0) is 61.4 Å². The molecule has 0 saturated carbocycles. The summed E-state index contributed by atoms with van der Waals surface area (Å²) in [5.41, 5.74) is 5.87. The molecule has 2 N–H and O–H groups in total. The Morgan fingerprint density at radius 1 is 1.16 bits per heavy atom. The normalized spacial score (nSPS) is 12.6. The first kappa shape index (κ1) is 26.0. The van der Waals surface area contributed by atoms with Gasteiger partial charge in [-0.1, -0.05) is 43.6 Å². The Morgan fingerprint density at radius 3 is 2.66 bits per heavy atom. The standard InChI is InChI=1S/C28H24BCl2N3O4/c1-13(2)27-15(4)26(35)20-9-14(3)8-19(28(20)37-27)16(5)33-22-6-7-23(31)34-25(22)17-10-18-12-32-38-29(36)24(18)21(30)11-17/h6-13,33,36H,5H2,1-4H3. The highest BCUT2D eigenvalue weighted by Gasteiger charge is 2.29. The van der Waals surface area contributed by atoms with E-state index in [-0.39, 0.29) is 16.5 Å². The lowest BCUT2D eigenvalue weighted by molar-refractivity contribution is 0.286. The minimum absolute atomic E-state index is 0.0377. The number of aromatic nitrogens is 1. The number of nitrogens with one attached hydrogen (secondary N) is 1. The van der Waals surface area contributed by atoms with Crippen molar-refractivity contribution in [3.8, 4) is 11.3 Å². The highest BCUT2D eigenvalue weighted by Crippen LogP contribution is 2.34. The minimum Gasteiger partial charge on any atom is -0.460 e. The van der Waals surface area contributed by atoms with Gasteiger partial charge in [0.1, 0.15) is 16.5 Å². The fraction of sp³-hybridized carbons (Fsp3) is 0.179. The van der Waals surface area contributed by atoms with E-state index in [0.717, 1.165) is 5.56 Å². The number of hydrogen-bond acceptors (Lipinski definition) is 7. The van der Waals surface area contributed by atoms with Gasteiger partial charge in [-0.3, -0.25) is 4.79 Å². The maximum Gasteiger partial charge on any atom is 0.585 e. The van der Waals surface area contributed by atoms with Crippen LogP contribution >= 0.6 is 23.2 Å². The summed E-state index contributed by atoms with van der Waals surface area (Å²) in [7, 11) is -1.26. The van der Waals surface area contributed by atoms with Gasteiger partial charge in [0.05, 0.1) is 23.0 Å². The second kappa shape index (κ2) is 9.95. The lowest BCUT2D eigenvalue weighted by Gasteiger charge is -2.19. The second-order valence-corrected chi connectivity index (χ2v) is 10.3. The summed E-state index contributed by atoms with van der Waals surface area (Å²) in [6, 6.07) is 10.7. The van der Waals surface area contributed by atoms with Crippen LogP contribution in [-0.4, -0.2) is 23.3 Å². The summed E-state index contributed by atoms with van der Waals surface area (Å²) < 4.78 is 11.2. The molecule has 0 bridgehead atoms.